The largest absolute Gasteiger partial charge is 0.492 e. The Bertz CT molecular complexity index is 579. The van der Waals surface area contributed by atoms with E-state index >= 15 is 0 Å². The number of anilines is 2. The number of nitrogen functional groups attached to an aromatic ring is 1. The number of ether oxygens (including phenoxy) is 1. The van der Waals surface area contributed by atoms with E-state index in [2.05, 4.69) is 5.32 Å². The maximum atomic E-state index is 13.5. The summed E-state index contributed by atoms with van der Waals surface area (Å²) in [6.45, 7) is 2.54. The topological polar surface area (TPSA) is 47.3 Å². The fraction of sp³-hybridized carbons (Fsp3) is 0.200. The van der Waals surface area contributed by atoms with Crippen LogP contribution in [0.15, 0.2) is 36.4 Å². The molecule has 0 saturated carbocycles. The van der Waals surface area contributed by atoms with Crippen molar-refractivity contribution < 1.29 is 13.5 Å². The first-order valence-electron chi connectivity index (χ1n) is 6.24. The lowest BCUT2D eigenvalue weighted by molar-refractivity contribution is 0.332. The SMILES string of the molecule is Cc1cccc(OCCNc2c(F)cc(N)cc2F)c1. The van der Waals surface area contributed by atoms with Crippen LogP contribution in [0.25, 0.3) is 0 Å². The van der Waals surface area contributed by atoms with Gasteiger partial charge in [-0.05, 0) is 36.8 Å². The van der Waals surface area contributed by atoms with Crippen molar-refractivity contribution in [3.63, 3.8) is 0 Å². The van der Waals surface area contributed by atoms with Crippen LogP contribution in [0, 0.1) is 18.6 Å². The third-order valence-electron chi connectivity index (χ3n) is 2.73. The molecule has 2 aromatic carbocycles. The summed E-state index contributed by atoms with van der Waals surface area (Å²) in [6, 6.07) is 9.73. The Kier molecular flexibility index (Phi) is 4.40. The first-order chi connectivity index (χ1) is 9.56. The minimum Gasteiger partial charge on any atom is -0.492 e. The zero-order chi connectivity index (χ0) is 14.5. The predicted molar refractivity (Wildman–Crippen MR) is 75.9 cm³/mol. The van der Waals surface area contributed by atoms with Gasteiger partial charge in [-0.25, -0.2) is 8.78 Å². The number of hydrogen-bond donors (Lipinski definition) is 2. The van der Waals surface area contributed by atoms with Crippen molar-refractivity contribution in [2.24, 2.45) is 0 Å². The van der Waals surface area contributed by atoms with Crippen molar-refractivity contribution in [1.82, 2.24) is 0 Å². The fourth-order valence-electron chi connectivity index (χ4n) is 1.81. The van der Waals surface area contributed by atoms with E-state index in [0.29, 0.717) is 6.61 Å². The minimum atomic E-state index is -0.710. The molecular weight excluding hydrogens is 262 g/mol. The molecule has 0 saturated heterocycles. The number of aryl methyl sites for hydroxylation is 1. The summed E-state index contributed by atoms with van der Waals surface area (Å²) < 4.78 is 32.5. The molecule has 0 aliphatic rings. The number of hydrogen-bond acceptors (Lipinski definition) is 3. The molecule has 2 aromatic rings. The quantitative estimate of drug-likeness (QED) is 0.651. The van der Waals surface area contributed by atoms with Gasteiger partial charge in [-0.2, -0.15) is 0 Å². The van der Waals surface area contributed by atoms with E-state index in [1.807, 2.05) is 31.2 Å². The molecule has 20 heavy (non-hydrogen) atoms. The molecule has 0 bridgehead atoms. The van der Waals surface area contributed by atoms with Crippen LogP contribution in [0.5, 0.6) is 5.75 Å². The van der Waals surface area contributed by atoms with Crippen LogP contribution in [0.2, 0.25) is 0 Å². The molecule has 3 nitrogen and oxygen atoms in total. The van der Waals surface area contributed by atoms with Crippen LogP contribution in [-0.4, -0.2) is 13.2 Å². The van der Waals surface area contributed by atoms with E-state index in [4.69, 9.17) is 10.5 Å². The normalized spacial score (nSPS) is 10.3. The van der Waals surface area contributed by atoms with Gasteiger partial charge in [0.15, 0.2) is 11.6 Å². The van der Waals surface area contributed by atoms with E-state index in [1.54, 1.807) is 0 Å². The second-order valence-electron chi connectivity index (χ2n) is 4.45. The van der Waals surface area contributed by atoms with E-state index in [-0.39, 0.29) is 17.9 Å². The van der Waals surface area contributed by atoms with Crippen molar-refractivity contribution in [3.8, 4) is 5.75 Å². The van der Waals surface area contributed by atoms with Gasteiger partial charge in [0, 0.05) is 12.2 Å². The Labute approximate surface area is 116 Å². The Morgan fingerprint density at radius 1 is 1.15 bits per heavy atom. The van der Waals surface area contributed by atoms with Crippen molar-refractivity contribution in [3.05, 3.63) is 53.6 Å². The molecule has 0 heterocycles. The molecule has 0 spiro atoms. The summed E-state index contributed by atoms with van der Waals surface area (Å²) in [4.78, 5) is 0. The van der Waals surface area contributed by atoms with E-state index in [1.165, 1.54) is 0 Å². The molecule has 0 amide bonds. The van der Waals surface area contributed by atoms with Crippen molar-refractivity contribution in [1.29, 1.82) is 0 Å². The van der Waals surface area contributed by atoms with Gasteiger partial charge in [-0.1, -0.05) is 12.1 Å². The van der Waals surface area contributed by atoms with Gasteiger partial charge in [0.2, 0.25) is 0 Å². The van der Waals surface area contributed by atoms with Crippen molar-refractivity contribution >= 4 is 11.4 Å². The lowest BCUT2D eigenvalue weighted by Gasteiger charge is -2.11. The highest BCUT2D eigenvalue weighted by atomic mass is 19.1. The monoisotopic (exact) mass is 278 g/mol. The van der Waals surface area contributed by atoms with Crippen LogP contribution in [0.3, 0.4) is 0 Å². The third kappa shape index (κ3) is 3.60. The fourth-order valence-corrected chi connectivity index (χ4v) is 1.81. The summed E-state index contributed by atoms with van der Waals surface area (Å²) in [5.41, 5.74) is 6.30. The molecule has 106 valence electrons. The Hall–Kier alpha value is -2.30. The molecule has 0 aliphatic heterocycles. The Morgan fingerprint density at radius 2 is 1.85 bits per heavy atom. The van der Waals surface area contributed by atoms with Crippen LogP contribution in [0.1, 0.15) is 5.56 Å². The van der Waals surface area contributed by atoms with Gasteiger partial charge in [-0.3, -0.25) is 0 Å². The number of halogens is 2. The zero-order valence-corrected chi connectivity index (χ0v) is 11.1. The van der Waals surface area contributed by atoms with Gasteiger partial charge in [-0.15, -0.1) is 0 Å². The number of rotatable bonds is 5. The average molecular weight is 278 g/mol. The van der Waals surface area contributed by atoms with Crippen LogP contribution in [0.4, 0.5) is 20.2 Å². The van der Waals surface area contributed by atoms with Crippen LogP contribution >= 0.6 is 0 Å². The molecule has 0 fully saturated rings. The molecule has 3 N–H and O–H groups in total. The van der Waals surface area contributed by atoms with Gasteiger partial charge in [0.25, 0.3) is 0 Å². The lowest BCUT2D eigenvalue weighted by atomic mass is 10.2. The smallest absolute Gasteiger partial charge is 0.151 e. The molecule has 0 aromatic heterocycles. The highest BCUT2D eigenvalue weighted by Crippen LogP contribution is 2.21. The summed E-state index contributed by atoms with van der Waals surface area (Å²) in [6.07, 6.45) is 0. The molecule has 0 radical (unpaired) electrons. The van der Waals surface area contributed by atoms with Gasteiger partial charge < -0.3 is 15.8 Å². The van der Waals surface area contributed by atoms with Crippen LogP contribution in [-0.2, 0) is 0 Å². The Morgan fingerprint density at radius 3 is 2.50 bits per heavy atom. The number of nitrogens with two attached hydrogens (primary N) is 1. The minimum absolute atomic E-state index is 0.0570. The maximum absolute atomic E-state index is 13.5. The molecule has 2 rings (SSSR count). The van der Waals surface area contributed by atoms with E-state index in [0.717, 1.165) is 23.4 Å². The summed E-state index contributed by atoms with van der Waals surface area (Å²) in [5.74, 6) is -0.693. The highest BCUT2D eigenvalue weighted by Gasteiger charge is 2.09. The standard InChI is InChI=1S/C15H16F2N2O/c1-10-3-2-4-12(7-10)20-6-5-19-15-13(16)8-11(18)9-14(15)17/h2-4,7-9,19H,5-6,18H2,1H3. The molecule has 0 atom stereocenters. The number of benzene rings is 2. The van der Waals surface area contributed by atoms with Gasteiger partial charge in [0.05, 0.1) is 0 Å². The zero-order valence-electron chi connectivity index (χ0n) is 11.1. The molecular formula is C15H16F2N2O. The Balaban J connectivity index is 1.88. The van der Waals surface area contributed by atoms with Gasteiger partial charge >= 0.3 is 0 Å². The predicted octanol–water partition coefficient (Wildman–Crippen LogP) is 3.35. The van der Waals surface area contributed by atoms with Gasteiger partial charge in [0.1, 0.15) is 18.0 Å². The average Bonchev–Trinajstić information content (AvgIpc) is 2.36. The third-order valence-corrected chi connectivity index (χ3v) is 2.73. The molecule has 5 heteroatoms. The molecule has 0 unspecified atom stereocenters. The lowest BCUT2D eigenvalue weighted by Crippen LogP contribution is -2.13. The first kappa shape index (κ1) is 14.1. The second kappa shape index (κ2) is 6.23. The highest BCUT2D eigenvalue weighted by molar-refractivity contribution is 5.54. The maximum Gasteiger partial charge on any atom is 0.151 e. The number of nitrogens with one attached hydrogen (secondary N) is 1. The summed E-state index contributed by atoms with van der Waals surface area (Å²) in [5, 5.41) is 2.66. The van der Waals surface area contributed by atoms with Crippen molar-refractivity contribution in [2.45, 2.75) is 6.92 Å². The van der Waals surface area contributed by atoms with Crippen LogP contribution < -0.4 is 15.8 Å². The van der Waals surface area contributed by atoms with E-state index in [9.17, 15) is 8.78 Å². The summed E-state index contributed by atoms with van der Waals surface area (Å²) >= 11 is 0. The first-order valence-corrected chi connectivity index (χ1v) is 6.24. The molecule has 0 aliphatic carbocycles. The summed E-state index contributed by atoms with van der Waals surface area (Å²) in [7, 11) is 0. The second-order valence-corrected chi connectivity index (χ2v) is 4.45. The van der Waals surface area contributed by atoms with E-state index < -0.39 is 11.6 Å². The van der Waals surface area contributed by atoms with Crippen molar-refractivity contribution in [2.75, 3.05) is 24.2 Å².